The van der Waals surface area contributed by atoms with Gasteiger partial charge < -0.3 is 14.7 Å². The minimum atomic E-state index is -0.477. The van der Waals surface area contributed by atoms with Gasteiger partial charge >= 0.3 is 6.03 Å². The van der Waals surface area contributed by atoms with Gasteiger partial charge in [0.1, 0.15) is 5.82 Å². The van der Waals surface area contributed by atoms with Crippen LogP contribution in [0.25, 0.3) is 0 Å². The van der Waals surface area contributed by atoms with Gasteiger partial charge in [0, 0.05) is 46.3 Å². The highest BCUT2D eigenvalue weighted by Gasteiger charge is 2.49. The SMILES string of the molecule is CCCCN1C(N2CCN(Cc3ccc(F)cc3)CC2)=NC2C1C(=O)NC(=O)N2C. The van der Waals surface area contributed by atoms with E-state index in [-0.39, 0.29) is 11.7 Å². The van der Waals surface area contributed by atoms with E-state index in [1.807, 2.05) is 12.1 Å². The van der Waals surface area contributed by atoms with Gasteiger partial charge in [-0.3, -0.25) is 15.0 Å². The number of benzene rings is 1. The molecule has 3 aliphatic heterocycles. The fourth-order valence-corrected chi connectivity index (χ4v) is 4.30. The Morgan fingerprint density at radius 1 is 1.13 bits per heavy atom. The Morgan fingerprint density at radius 2 is 1.83 bits per heavy atom. The second-order valence-corrected chi connectivity index (χ2v) is 8.13. The molecule has 1 N–H and O–H groups in total. The number of rotatable bonds is 5. The zero-order valence-corrected chi connectivity index (χ0v) is 17.6. The van der Waals surface area contributed by atoms with Crippen LogP contribution in [0.2, 0.25) is 0 Å². The van der Waals surface area contributed by atoms with Crippen molar-refractivity contribution in [1.82, 2.24) is 24.9 Å². The Bertz CT molecular complexity index is 821. The fraction of sp³-hybridized carbons (Fsp3) is 0.571. The number of nitrogens with zero attached hydrogens (tertiary/aromatic N) is 5. The van der Waals surface area contributed by atoms with E-state index in [4.69, 9.17) is 4.99 Å². The zero-order valence-electron chi connectivity index (χ0n) is 17.6. The van der Waals surface area contributed by atoms with E-state index in [0.717, 1.165) is 63.6 Å². The van der Waals surface area contributed by atoms with Gasteiger partial charge in [-0.25, -0.2) is 14.2 Å². The fourth-order valence-electron chi connectivity index (χ4n) is 4.30. The topological polar surface area (TPSA) is 71.5 Å². The summed E-state index contributed by atoms with van der Waals surface area (Å²) in [5, 5.41) is 2.45. The number of imide groups is 1. The average Bonchev–Trinajstić information content (AvgIpc) is 3.13. The number of hydrogen-bond acceptors (Lipinski definition) is 6. The molecular formula is C21H29FN6O2. The molecule has 3 heterocycles. The number of guanidine groups is 1. The minimum Gasteiger partial charge on any atom is -0.340 e. The van der Waals surface area contributed by atoms with E-state index in [9.17, 15) is 14.0 Å². The number of aliphatic imine (C=N–C) groups is 1. The van der Waals surface area contributed by atoms with Gasteiger partial charge in [-0.1, -0.05) is 25.5 Å². The third kappa shape index (κ3) is 3.98. The molecule has 2 saturated heterocycles. The van der Waals surface area contributed by atoms with E-state index in [2.05, 4.69) is 26.9 Å². The van der Waals surface area contributed by atoms with Crippen LogP contribution >= 0.6 is 0 Å². The van der Waals surface area contributed by atoms with Gasteiger partial charge in [-0.15, -0.1) is 0 Å². The number of amides is 3. The third-order valence-electron chi connectivity index (χ3n) is 6.07. The number of unbranched alkanes of at least 4 members (excludes halogenated alkanes) is 1. The van der Waals surface area contributed by atoms with Crippen molar-refractivity contribution >= 4 is 17.9 Å². The van der Waals surface area contributed by atoms with Gasteiger partial charge in [0.2, 0.25) is 0 Å². The molecular weight excluding hydrogens is 387 g/mol. The zero-order chi connectivity index (χ0) is 21.3. The van der Waals surface area contributed by atoms with Gasteiger partial charge in [0.25, 0.3) is 5.91 Å². The molecule has 2 fully saturated rings. The van der Waals surface area contributed by atoms with Crippen LogP contribution in [0.15, 0.2) is 29.3 Å². The number of nitrogens with one attached hydrogen (secondary N) is 1. The Labute approximate surface area is 176 Å². The molecule has 4 rings (SSSR count). The summed E-state index contributed by atoms with van der Waals surface area (Å²) in [5.41, 5.74) is 1.09. The van der Waals surface area contributed by atoms with E-state index in [0.29, 0.717) is 0 Å². The van der Waals surface area contributed by atoms with Crippen molar-refractivity contribution < 1.29 is 14.0 Å². The normalized spacial score (nSPS) is 24.8. The summed E-state index contributed by atoms with van der Waals surface area (Å²) in [6.07, 6.45) is 1.50. The molecule has 0 aromatic heterocycles. The number of hydrogen-bond donors (Lipinski definition) is 1. The molecule has 0 saturated carbocycles. The number of likely N-dealkylation sites (N-methyl/N-ethyl adjacent to an activating group) is 1. The molecule has 1 aromatic rings. The Morgan fingerprint density at radius 3 is 2.50 bits per heavy atom. The predicted octanol–water partition coefficient (Wildman–Crippen LogP) is 1.29. The lowest BCUT2D eigenvalue weighted by Gasteiger charge is -2.40. The van der Waals surface area contributed by atoms with E-state index in [1.54, 1.807) is 7.05 Å². The lowest BCUT2D eigenvalue weighted by Crippen LogP contribution is -2.64. The maximum Gasteiger partial charge on any atom is 0.325 e. The Hall–Kier alpha value is -2.68. The van der Waals surface area contributed by atoms with Crippen LogP contribution in [0.4, 0.5) is 9.18 Å². The maximum absolute atomic E-state index is 13.1. The smallest absolute Gasteiger partial charge is 0.325 e. The lowest BCUT2D eigenvalue weighted by atomic mass is 10.1. The first-order valence-electron chi connectivity index (χ1n) is 10.6. The summed E-state index contributed by atoms with van der Waals surface area (Å²) in [6.45, 7) is 6.94. The molecule has 0 spiro atoms. The van der Waals surface area contributed by atoms with Crippen molar-refractivity contribution in [2.75, 3.05) is 39.8 Å². The molecule has 162 valence electrons. The van der Waals surface area contributed by atoms with Crippen molar-refractivity contribution in [1.29, 1.82) is 0 Å². The number of halogens is 1. The van der Waals surface area contributed by atoms with Crippen LogP contribution in [-0.4, -0.2) is 89.5 Å². The molecule has 0 aliphatic carbocycles. The molecule has 30 heavy (non-hydrogen) atoms. The first-order valence-corrected chi connectivity index (χ1v) is 10.6. The molecule has 3 aliphatic rings. The van der Waals surface area contributed by atoms with Crippen molar-refractivity contribution in [2.24, 2.45) is 4.99 Å². The van der Waals surface area contributed by atoms with Crippen molar-refractivity contribution in [3.63, 3.8) is 0 Å². The Kier molecular flexibility index (Phi) is 5.90. The Balaban J connectivity index is 1.44. The monoisotopic (exact) mass is 416 g/mol. The second kappa shape index (κ2) is 8.59. The van der Waals surface area contributed by atoms with Crippen LogP contribution in [0, 0.1) is 5.82 Å². The number of piperazine rings is 1. The van der Waals surface area contributed by atoms with Crippen LogP contribution in [0.1, 0.15) is 25.3 Å². The molecule has 0 radical (unpaired) electrons. The number of urea groups is 1. The first kappa shape index (κ1) is 20.6. The van der Waals surface area contributed by atoms with Crippen LogP contribution in [-0.2, 0) is 11.3 Å². The number of fused-ring (bicyclic) bond motifs is 1. The lowest BCUT2D eigenvalue weighted by molar-refractivity contribution is -0.127. The van der Waals surface area contributed by atoms with E-state index < -0.39 is 18.2 Å². The largest absolute Gasteiger partial charge is 0.340 e. The highest BCUT2D eigenvalue weighted by molar-refractivity contribution is 6.03. The standard InChI is InChI=1S/C21H29FN6O2/c1-3-4-9-28-17-18(25(2)21(30)24-19(17)29)23-20(28)27-12-10-26(11-13-27)14-15-5-7-16(22)8-6-15/h5-8,17-18H,3-4,9-14H2,1-2H3,(H,24,29,30). The van der Waals surface area contributed by atoms with Gasteiger partial charge in [0.15, 0.2) is 18.2 Å². The summed E-state index contributed by atoms with van der Waals surface area (Å²) >= 11 is 0. The van der Waals surface area contributed by atoms with Crippen LogP contribution in [0.5, 0.6) is 0 Å². The van der Waals surface area contributed by atoms with Crippen LogP contribution < -0.4 is 5.32 Å². The minimum absolute atomic E-state index is 0.219. The number of carbonyl (C=O) groups is 2. The summed E-state index contributed by atoms with van der Waals surface area (Å²) in [5.74, 6) is 0.327. The second-order valence-electron chi connectivity index (χ2n) is 8.13. The summed E-state index contributed by atoms with van der Waals surface area (Å²) in [6, 6.07) is 5.78. The van der Waals surface area contributed by atoms with Crippen molar-refractivity contribution in [3.05, 3.63) is 35.6 Å². The van der Waals surface area contributed by atoms with Crippen LogP contribution in [0.3, 0.4) is 0 Å². The molecule has 0 bridgehead atoms. The quantitative estimate of drug-likeness (QED) is 0.783. The number of carbonyl (C=O) groups excluding carboxylic acids is 2. The summed E-state index contributed by atoms with van der Waals surface area (Å²) in [7, 11) is 1.69. The predicted molar refractivity (Wildman–Crippen MR) is 111 cm³/mol. The maximum atomic E-state index is 13.1. The van der Waals surface area contributed by atoms with Gasteiger partial charge in [-0.2, -0.15) is 0 Å². The molecule has 8 nitrogen and oxygen atoms in total. The van der Waals surface area contributed by atoms with E-state index in [1.165, 1.54) is 17.0 Å². The molecule has 1 aromatic carbocycles. The third-order valence-corrected chi connectivity index (χ3v) is 6.07. The molecule has 9 heteroatoms. The highest BCUT2D eigenvalue weighted by atomic mass is 19.1. The highest BCUT2D eigenvalue weighted by Crippen LogP contribution is 2.26. The van der Waals surface area contributed by atoms with Crippen molar-refractivity contribution in [3.8, 4) is 0 Å². The molecule has 2 unspecified atom stereocenters. The molecule has 3 amide bonds. The van der Waals surface area contributed by atoms with Gasteiger partial charge in [-0.05, 0) is 24.1 Å². The molecule has 2 atom stereocenters. The van der Waals surface area contributed by atoms with E-state index >= 15 is 0 Å². The first-order chi connectivity index (χ1) is 14.5. The van der Waals surface area contributed by atoms with Crippen molar-refractivity contribution in [2.45, 2.75) is 38.5 Å². The average molecular weight is 417 g/mol. The summed E-state index contributed by atoms with van der Waals surface area (Å²) < 4.78 is 13.1. The summed E-state index contributed by atoms with van der Waals surface area (Å²) in [4.78, 5) is 37.6. The van der Waals surface area contributed by atoms with Gasteiger partial charge in [0.05, 0.1) is 0 Å².